The van der Waals surface area contributed by atoms with E-state index in [1.165, 1.54) is 13.2 Å². The molecule has 2 rings (SSSR count). The Morgan fingerprint density at radius 1 is 1.00 bits per heavy atom. The molecule has 114 valence electrons. The third-order valence-electron chi connectivity index (χ3n) is 2.47. The van der Waals surface area contributed by atoms with E-state index in [1.807, 2.05) is 38.1 Å². The number of hydrogen-bond donors (Lipinski definition) is 3. The van der Waals surface area contributed by atoms with Gasteiger partial charge < -0.3 is 26.0 Å². The molecule has 2 aromatic rings. The van der Waals surface area contributed by atoms with Crippen molar-refractivity contribution < 1.29 is 14.6 Å². The van der Waals surface area contributed by atoms with Crippen molar-refractivity contribution in [3.8, 4) is 17.2 Å². The van der Waals surface area contributed by atoms with E-state index < -0.39 is 0 Å². The third-order valence-corrected chi connectivity index (χ3v) is 2.47. The van der Waals surface area contributed by atoms with Gasteiger partial charge in [-0.05, 0) is 38.1 Å². The summed E-state index contributed by atoms with van der Waals surface area (Å²) < 4.78 is 10.2. The molecule has 5 N–H and O–H groups in total. The lowest BCUT2D eigenvalue weighted by atomic mass is 10.3. The van der Waals surface area contributed by atoms with Gasteiger partial charge in [0.15, 0.2) is 0 Å². The summed E-state index contributed by atoms with van der Waals surface area (Å²) >= 11 is 0. The van der Waals surface area contributed by atoms with E-state index in [0.29, 0.717) is 11.4 Å². The van der Waals surface area contributed by atoms with Crippen LogP contribution in [0.4, 0.5) is 11.4 Å². The van der Waals surface area contributed by atoms with Crippen LogP contribution in [0.1, 0.15) is 13.8 Å². The molecular formula is C16H22N2O3. The first kappa shape index (κ1) is 16.5. The topological polar surface area (TPSA) is 90.7 Å². The molecule has 0 atom stereocenters. The maximum atomic E-state index is 9.03. The van der Waals surface area contributed by atoms with Crippen LogP contribution in [0.2, 0.25) is 0 Å². The zero-order chi connectivity index (χ0) is 15.8. The second-order valence-corrected chi connectivity index (χ2v) is 4.66. The highest BCUT2D eigenvalue weighted by Gasteiger charge is 1.97. The van der Waals surface area contributed by atoms with E-state index >= 15 is 0 Å². The number of phenolic OH excluding ortho intramolecular Hbond substituents is 1. The molecule has 0 aliphatic rings. The number of aromatic hydroxyl groups is 1. The number of benzene rings is 2. The summed E-state index contributed by atoms with van der Waals surface area (Å²) in [7, 11) is 1.53. The van der Waals surface area contributed by atoms with E-state index in [2.05, 4.69) is 0 Å². The van der Waals surface area contributed by atoms with Crippen molar-refractivity contribution in [2.75, 3.05) is 18.6 Å². The molecule has 0 aromatic heterocycles. The van der Waals surface area contributed by atoms with E-state index in [1.54, 1.807) is 12.1 Å². The van der Waals surface area contributed by atoms with Crippen molar-refractivity contribution in [2.45, 2.75) is 20.0 Å². The van der Waals surface area contributed by atoms with Gasteiger partial charge in [0.2, 0.25) is 0 Å². The second-order valence-electron chi connectivity index (χ2n) is 4.66. The minimum atomic E-state index is 0.0550. The minimum Gasteiger partial charge on any atom is -0.506 e. The van der Waals surface area contributed by atoms with Crippen LogP contribution in [-0.2, 0) is 0 Å². The summed E-state index contributed by atoms with van der Waals surface area (Å²) in [5, 5.41) is 9.03. The van der Waals surface area contributed by atoms with E-state index in [9.17, 15) is 0 Å². The van der Waals surface area contributed by atoms with Gasteiger partial charge in [-0.2, -0.15) is 0 Å². The molecule has 0 spiro atoms. The molecule has 0 saturated heterocycles. The van der Waals surface area contributed by atoms with Crippen molar-refractivity contribution in [2.24, 2.45) is 0 Å². The van der Waals surface area contributed by atoms with Crippen molar-refractivity contribution >= 4 is 11.4 Å². The molecule has 0 aliphatic carbocycles. The number of nitrogen functional groups attached to an aromatic ring is 2. The van der Waals surface area contributed by atoms with Gasteiger partial charge in [-0.25, -0.2) is 0 Å². The molecule has 5 heteroatoms. The summed E-state index contributed by atoms with van der Waals surface area (Å²) in [6, 6.07) is 12.2. The standard InChI is InChI=1S/C9H13NO.C7H9NO2/c1-7(2)11-9-5-3-4-8(10)6-9;1-10-5-2-3-6(8)7(9)4-5/h3-7H,10H2,1-2H3;2-4,9H,8H2,1H3. The molecule has 0 fully saturated rings. The van der Waals surface area contributed by atoms with Crippen LogP contribution in [-0.4, -0.2) is 18.3 Å². The Bertz CT molecular complexity index is 571. The van der Waals surface area contributed by atoms with Crippen LogP contribution in [0, 0.1) is 0 Å². The lowest BCUT2D eigenvalue weighted by molar-refractivity contribution is 0.242. The molecule has 0 aliphatic heterocycles. The number of ether oxygens (including phenoxy) is 2. The molecule has 0 amide bonds. The Labute approximate surface area is 125 Å². The summed E-state index contributed by atoms with van der Waals surface area (Å²) in [4.78, 5) is 0. The summed E-state index contributed by atoms with van der Waals surface area (Å²) in [5.41, 5.74) is 12.0. The molecule has 0 radical (unpaired) electrons. The Hall–Kier alpha value is -2.56. The molecular weight excluding hydrogens is 268 g/mol. The highest BCUT2D eigenvalue weighted by molar-refractivity contribution is 5.54. The number of phenols is 1. The van der Waals surface area contributed by atoms with Crippen LogP contribution in [0.25, 0.3) is 0 Å². The van der Waals surface area contributed by atoms with E-state index in [-0.39, 0.29) is 11.9 Å². The maximum absolute atomic E-state index is 9.03. The Balaban J connectivity index is 0.000000211. The van der Waals surface area contributed by atoms with Gasteiger partial charge in [0.05, 0.1) is 18.9 Å². The number of rotatable bonds is 3. The Morgan fingerprint density at radius 3 is 2.24 bits per heavy atom. The van der Waals surface area contributed by atoms with Crippen LogP contribution < -0.4 is 20.9 Å². The molecule has 2 aromatic carbocycles. The first-order valence-electron chi connectivity index (χ1n) is 6.57. The average molecular weight is 290 g/mol. The van der Waals surface area contributed by atoms with Crippen LogP contribution >= 0.6 is 0 Å². The van der Waals surface area contributed by atoms with Gasteiger partial charge in [0.1, 0.15) is 17.2 Å². The van der Waals surface area contributed by atoms with Gasteiger partial charge >= 0.3 is 0 Å². The van der Waals surface area contributed by atoms with Gasteiger partial charge in [-0.15, -0.1) is 0 Å². The minimum absolute atomic E-state index is 0.0550. The smallest absolute Gasteiger partial charge is 0.142 e. The third kappa shape index (κ3) is 5.95. The zero-order valence-electron chi connectivity index (χ0n) is 12.5. The first-order chi connectivity index (χ1) is 9.92. The summed E-state index contributed by atoms with van der Waals surface area (Å²) in [6.45, 7) is 3.98. The summed E-state index contributed by atoms with van der Waals surface area (Å²) in [5.74, 6) is 1.49. The van der Waals surface area contributed by atoms with E-state index in [0.717, 1.165) is 11.4 Å². The monoisotopic (exact) mass is 290 g/mol. The van der Waals surface area contributed by atoms with Gasteiger partial charge in [-0.1, -0.05) is 6.07 Å². The maximum Gasteiger partial charge on any atom is 0.142 e. The van der Waals surface area contributed by atoms with Crippen molar-refractivity contribution in [3.63, 3.8) is 0 Å². The number of methoxy groups -OCH3 is 1. The van der Waals surface area contributed by atoms with Crippen molar-refractivity contribution in [3.05, 3.63) is 42.5 Å². The Morgan fingerprint density at radius 2 is 1.71 bits per heavy atom. The second kappa shape index (κ2) is 7.89. The first-order valence-corrected chi connectivity index (χ1v) is 6.57. The molecule has 21 heavy (non-hydrogen) atoms. The normalized spacial score (nSPS) is 9.71. The Kier molecular flexibility index (Phi) is 6.20. The number of hydrogen-bond acceptors (Lipinski definition) is 5. The number of nitrogens with two attached hydrogens (primary N) is 2. The zero-order valence-corrected chi connectivity index (χ0v) is 12.5. The fraction of sp³-hybridized carbons (Fsp3) is 0.250. The SMILES string of the molecule is CC(C)Oc1cccc(N)c1.COc1ccc(N)c(O)c1. The highest BCUT2D eigenvalue weighted by atomic mass is 16.5. The highest BCUT2D eigenvalue weighted by Crippen LogP contribution is 2.24. The van der Waals surface area contributed by atoms with Crippen LogP contribution in [0.15, 0.2) is 42.5 Å². The van der Waals surface area contributed by atoms with E-state index in [4.69, 9.17) is 26.0 Å². The molecule has 0 heterocycles. The van der Waals surface area contributed by atoms with Crippen molar-refractivity contribution in [1.82, 2.24) is 0 Å². The average Bonchev–Trinajstić information content (AvgIpc) is 2.42. The molecule has 0 saturated carbocycles. The van der Waals surface area contributed by atoms with Crippen molar-refractivity contribution in [1.29, 1.82) is 0 Å². The number of anilines is 2. The van der Waals surface area contributed by atoms with Gasteiger partial charge in [-0.3, -0.25) is 0 Å². The van der Waals surface area contributed by atoms with Gasteiger partial charge in [0, 0.05) is 17.8 Å². The molecule has 0 unspecified atom stereocenters. The summed E-state index contributed by atoms with van der Waals surface area (Å²) in [6.07, 6.45) is 0.205. The fourth-order valence-electron chi connectivity index (χ4n) is 1.51. The lowest BCUT2D eigenvalue weighted by Gasteiger charge is -2.09. The largest absolute Gasteiger partial charge is 0.506 e. The van der Waals surface area contributed by atoms with Crippen LogP contribution in [0.5, 0.6) is 17.2 Å². The predicted octanol–water partition coefficient (Wildman–Crippen LogP) is 3.04. The van der Waals surface area contributed by atoms with Gasteiger partial charge in [0.25, 0.3) is 0 Å². The fourth-order valence-corrected chi connectivity index (χ4v) is 1.51. The lowest BCUT2D eigenvalue weighted by Crippen LogP contribution is -2.05. The molecule has 5 nitrogen and oxygen atoms in total. The quantitative estimate of drug-likeness (QED) is 0.597. The van der Waals surface area contributed by atoms with Crippen LogP contribution in [0.3, 0.4) is 0 Å². The molecule has 0 bridgehead atoms. The predicted molar refractivity (Wildman–Crippen MR) is 85.7 cm³/mol.